The molecule has 2 heteroatoms. The van der Waals surface area contributed by atoms with Gasteiger partial charge in [0.15, 0.2) is 0 Å². The fraction of sp³-hybridized carbons (Fsp3) is 0.130. The van der Waals surface area contributed by atoms with Gasteiger partial charge < -0.3 is 9.47 Å². The number of hydrogen-bond acceptors (Lipinski definition) is 2. The lowest BCUT2D eigenvalue weighted by molar-refractivity contribution is 0.414. The lowest BCUT2D eigenvalue weighted by atomic mass is 10.0. The molecular weight excluding hydrogens is 308 g/mol. The molecule has 2 nitrogen and oxygen atoms in total. The van der Waals surface area contributed by atoms with Crippen LogP contribution in [-0.4, -0.2) is 14.2 Å². The van der Waals surface area contributed by atoms with Crippen LogP contribution in [0.15, 0.2) is 85.0 Å². The van der Waals surface area contributed by atoms with Gasteiger partial charge >= 0.3 is 0 Å². The minimum absolute atomic E-state index is 0.735. The van der Waals surface area contributed by atoms with E-state index in [0.29, 0.717) is 0 Å². The summed E-state index contributed by atoms with van der Waals surface area (Å²) in [5.41, 5.74) is 4.25. The molecule has 0 N–H and O–H groups in total. The zero-order chi connectivity index (χ0) is 18.1. The molecule has 0 aliphatic heterocycles. The summed E-state index contributed by atoms with van der Waals surface area (Å²) in [6, 6.07) is 15.8. The van der Waals surface area contributed by atoms with E-state index in [1.807, 2.05) is 72.8 Å². The summed E-state index contributed by atoms with van der Waals surface area (Å²) in [6.07, 6.45) is 8.87. The second kappa shape index (κ2) is 9.33. The molecule has 0 heterocycles. The first-order chi connectivity index (χ1) is 12.1. The first-order valence-electron chi connectivity index (χ1n) is 8.10. The van der Waals surface area contributed by atoms with Crippen molar-refractivity contribution < 1.29 is 9.47 Å². The Morgan fingerprint density at radius 2 is 1.08 bits per heavy atom. The van der Waals surface area contributed by atoms with E-state index >= 15 is 0 Å². The van der Waals surface area contributed by atoms with E-state index in [1.54, 1.807) is 14.2 Å². The Kier molecular flexibility index (Phi) is 6.85. The molecule has 0 radical (unpaired) electrons. The highest BCUT2D eigenvalue weighted by Crippen LogP contribution is 2.17. The van der Waals surface area contributed by atoms with Crippen LogP contribution < -0.4 is 9.47 Å². The van der Waals surface area contributed by atoms with Gasteiger partial charge in [-0.2, -0.15) is 0 Å². The molecule has 0 atom stereocenters. The van der Waals surface area contributed by atoms with Crippen LogP contribution >= 0.6 is 0 Å². The number of allylic oxidation sites excluding steroid dienone is 4. The van der Waals surface area contributed by atoms with Crippen LogP contribution in [0.3, 0.4) is 0 Å². The van der Waals surface area contributed by atoms with E-state index in [2.05, 4.69) is 13.2 Å². The maximum Gasteiger partial charge on any atom is 0.118 e. The SMILES string of the molecule is C=C(/C=C/c1ccc(OC)cc1)CC(=C)/C=C/c1ccc(OC)cc1. The van der Waals surface area contributed by atoms with Gasteiger partial charge in [-0.25, -0.2) is 0 Å². The average molecular weight is 332 g/mol. The second-order valence-electron chi connectivity index (χ2n) is 5.71. The summed E-state index contributed by atoms with van der Waals surface area (Å²) in [5.74, 6) is 1.71. The van der Waals surface area contributed by atoms with Crippen LogP contribution in [0.25, 0.3) is 12.2 Å². The van der Waals surface area contributed by atoms with Gasteiger partial charge in [-0.05, 0) is 41.8 Å². The van der Waals surface area contributed by atoms with Crippen molar-refractivity contribution in [3.05, 3.63) is 96.1 Å². The monoisotopic (exact) mass is 332 g/mol. The van der Waals surface area contributed by atoms with Crippen molar-refractivity contribution >= 4 is 12.2 Å². The smallest absolute Gasteiger partial charge is 0.118 e. The van der Waals surface area contributed by atoms with Gasteiger partial charge in [0, 0.05) is 0 Å². The van der Waals surface area contributed by atoms with Gasteiger partial charge in [0.1, 0.15) is 11.5 Å². The molecule has 0 amide bonds. The molecule has 0 unspecified atom stereocenters. The fourth-order valence-corrected chi connectivity index (χ4v) is 2.27. The van der Waals surface area contributed by atoms with Gasteiger partial charge in [-0.15, -0.1) is 0 Å². The summed E-state index contributed by atoms with van der Waals surface area (Å²) in [7, 11) is 3.33. The highest BCUT2D eigenvalue weighted by atomic mass is 16.5. The Morgan fingerprint density at radius 1 is 0.720 bits per heavy atom. The normalized spacial score (nSPS) is 11.0. The fourth-order valence-electron chi connectivity index (χ4n) is 2.27. The van der Waals surface area contributed by atoms with Crippen LogP contribution in [-0.2, 0) is 0 Å². The molecule has 25 heavy (non-hydrogen) atoms. The zero-order valence-corrected chi connectivity index (χ0v) is 14.9. The van der Waals surface area contributed by atoms with Crippen molar-refractivity contribution in [2.75, 3.05) is 14.2 Å². The Morgan fingerprint density at radius 3 is 1.40 bits per heavy atom. The number of methoxy groups -OCH3 is 2. The molecule has 0 aliphatic rings. The molecule has 2 aromatic carbocycles. The highest BCUT2D eigenvalue weighted by Gasteiger charge is 1.95. The van der Waals surface area contributed by atoms with Gasteiger partial charge in [0.25, 0.3) is 0 Å². The maximum absolute atomic E-state index is 5.16. The van der Waals surface area contributed by atoms with Crippen LogP contribution in [0.1, 0.15) is 17.5 Å². The summed E-state index contributed by atoms with van der Waals surface area (Å²) >= 11 is 0. The van der Waals surface area contributed by atoms with Crippen molar-refractivity contribution in [3.8, 4) is 11.5 Å². The van der Waals surface area contributed by atoms with E-state index in [0.717, 1.165) is 40.2 Å². The third-order valence-electron chi connectivity index (χ3n) is 3.71. The molecule has 0 saturated carbocycles. The predicted octanol–water partition coefficient (Wildman–Crippen LogP) is 5.93. The third kappa shape index (κ3) is 6.19. The van der Waals surface area contributed by atoms with Gasteiger partial charge in [-0.1, -0.05) is 72.9 Å². The molecule has 0 aliphatic carbocycles. The highest BCUT2D eigenvalue weighted by molar-refractivity contribution is 5.56. The van der Waals surface area contributed by atoms with Crippen LogP contribution in [0.5, 0.6) is 11.5 Å². The minimum Gasteiger partial charge on any atom is -0.497 e. The van der Waals surface area contributed by atoms with Gasteiger partial charge in [0.05, 0.1) is 14.2 Å². The Balaban J connectivity index is 1.86. The largest absolute Gasteiger partial charge is 0.497 e. The molecule has 2 aromatic rings. The van der Waals surface area contributed by atoms with Gasteiger partial charge in [0.2, 0.25) is 0 Å². The quantitative estimate of drug-likeness (QED) is 0.558. The topological polar surface area (TPSA) is 18.5 Å². The van der Waals surface area contributed by atoms with Gasteiger partial charge in [-0.3, -0.25) is 0 Å². The lowest BCUT2D eigenvalue weighted by Gasteiger charge is -2.02. The third-order valence-corrected chi connectivity index (χ3v) is 3.71. The Hall–Kier alpha value is -3.00. The Labute approximate surface area is 150 Å². The molecule has 0 saturated heterocycles. The maximum atomic E-state index is 5.16. The minimum atomic E-state index is 0.735. The predicted molar refractivity (Wildman–Crippen MR) is 107 cm³/mol. The summed E-state index contributed by atoms with van der Waals surface area (Å²) in [5, 5.41) is 0. The Bertz CT molecular complexity index is 695. The summed E-state index contributed by atoms with van der Waals surface area (Å²) < 4.78 is 10.3. The molecule has 2 rings (SSSR count). The van der Waals surface area contributed by atoms with Crippen molar-refractivity contribution in [2.45, 2.75) is 6.42 Å². The first-order valence-corrected chi connectivity index (χ1v) is 8.10. The zero-order valence-electron chi connectivity index (χ0n) is 14.9. The molecule has 0 fully saturated rings. The van der Waals surface area contributed by atoms with Crippen molar-refractivity contribution in [2.24, 2.45) is 0 Å². The van der Waals surface area contributed by atoms with Crippen molar-refractivity contribution in [1.82, 2.24) is 0 Å². The van der Waals surface area contributed by atoms with E-state index < -0.39 is 0 Å². The number of ether oxygens (including phenoxy) is 2. The van der Waals surface area contributed by atoms with Crippen LogP contribution in [0.4, 0.5) is 0 Å². The summed E-state index contributed by atoms with van der Waals surface area (Å²) in [4.78, 5) is 0. The number of hydrogen-bond donors (Lipinski definition) is 0. The molecule has 128 valence electrons. The lowest BCUT2D eigenvalue weighted by Crippen LogP contribution is -1.83. The number of benzene rings is 2. The summed E-state index contributed by atoms with van der Waals surface area (Å²) in [6.45, 7) is 8.20. The van der Waals surface area contributed by atoms with E-state index in [1.165, 1.54) is 0 Å². The van der Waals surface area contributed by atoms with Crippen molar-refractivity contribution in [1.29, 1.82) is 0 Å². The second-order valence-corrected chi connectivity index (χ2v) is 5.71. The standard InChI is InChI=1S/C23H24O2/c1-18(5-7-20-9-13-22(24-3)14-10-20)17-19(2)6-8-21-11-15-23(25-4)16-12-21/h5-16H,1-2,17H2,3-4H3/b7-5+,8-6+. The number of rotatable bonds is 8. The molecule has 0 bridgehead atoms. The molecular formula is C23H24O2. The molecule has 0 spiro atoms. The average Bonchev–Trinajstić information content (AvgIpc) is 2.65. The van der Waals surface area contributed by atoms with E-state index in [9.17, 15) is 0 Å². The first kappa shape index (κ1) is 18.3. The van der Waals surface area contributed by atoms with Crippen LogP contribution in [0.2, 0.25) is 0 Å². The van der Waals surface area contributed by atoms with E-state index in [4.69, 9.17) is 9.47 Å². The van der Waals surface area contributed by atoms with Crippen molar-refractivity contribution in [3.63, 3.8) is 0 Å². The molecule has 0 aromatic heterocycles. The van der Waals surface area contributed by atoms with E-state index in [-0.39, 0.29) is 0 Å². The van der Waals surface area contributed by atoms with Crippen LogP contribution in [0, 0.1) is 0 Å².